The minimum Gasteiger partial charge on any atom is -0.493 e. The second kappa shape index (κ2) is 10.7. The minimum absolute atomic E-state index is 0.108. The maximum atomic E-state index is 13.0. The maximum absolute atomic E-state index is 13.0. The Balaban J connectivity index is 1.60. The Morgan fingerprint density at radius 3 is 2.63 bits per heavy atom. The molecular weight excluding hydrogens is 610 g/mol. The molecule has 1 saturated heterocycles. The number of rotatable bonds is 7. The molecular formula is C24H17Cl2IN2O6. The number of furan rings is 1. The van der Waals surface area contributed by atoms with Gasteiger partial charge in [-0.25, -0.2) is 4.79 Å². The van der Waals surface area contributed by atoms with Gasteiger partial charge in [0.2, 0.25) is 0 Å². The number of amides is 4. The number of methoxy groups -OCH3 is 1. The molecule has 3 aromatic rings. The summed E-state index contributed by atoms with van der Waals surface area (Å²) in [4.78, 5) is 38.5. The summed E-state index contributed by atoms with van der Waals surface area (Å²) in [5.74, 6) is -0.263. The summed E-state index contributed by atoms with van der Waals surface area (Å²) < 4.78 is 17.3. The van der Waals surface area contributed by atoms with E-state index < -0.39 is 17.8 Å². The van der Waals surface area contributed by atoms with Gasteiger partial charge in [-0.15, -0.1) is 0 Å². The number of carbonyl (C=O) groups is 3. The molecule has 4 amide bonds. The van der Waals surface area contributed by atoms with Crippen molar-refractivity contribution in [3.63, 3.8) is 0 Å². The molecule has 4 rings (SSSR count). The molecule has 0 saturated carbocycles. The van der Waals surface area contributed by atoms with Crippen LogP contribution in [0.2, 0.25) is 10.0 Å². The smallest absolute Gasteiger partial charge is 0.331 e. The third-order valence-electron chi connectivity index (χ3n) is 5.03. The van der Waals surface area contributed by atoms with Crippen LogP contribution in [0, 0.1) is 3.57 Å². The Kier molecular flexibility index (Phi) is 7.68. The van der Waals surface area contributed by atoms with Gasteiger partial charge in [-0.2, -0.15) is 0 Å². The zero-order valence-electron chi connectivity index (χ0n) is 18.1. The fraction of sp³-hybridized carbons (Fsp3) is 0.125. The van der Waals surface area contributed by atoms with Gasteiger partial charge >= 0.3 is 6.03 Å². The maximum Gasteiger partial charge on any atom is 0.331 e. The van der Waals surface area contributed by atoms with E-state index in [2.05, 4.69) is 27.9 Å². The summed E-state index contributed by atoms with van der Waals surface area (Å²) in [6.07, 6.45) is 2.83. The topological polar surface area (TPSA) is 98.1 Å². The van der Waals surface area contributed by atoms with E-state index in [-0.39, 0.29) is 18.7 Å². The quantitative estimate of drug-likeness (QED) is 0.213. The predicted octanol–water partition coefficient (Wildman–Crippen LogP) is 5.44. The second-order valence-corrected chi connectivity index (χ2v) is 9.35. The molecule has 8 nitrogen and oxygen atoms in total. The van der Waals surface area contributed by atoms with E-state index in [4.69, 9.17) is 37.1 Å². The first-order valence-electron chi connectivity index (χ1n) is 10.1. The number of ether oxygens (including phenoxy) is 2. The number of benzene rings is 2. The Labute approximate surface area is 223 Å². The van der Waals surface area contributed by atoms with E-state index >= 15 is 0 Å². The lowest BCUT2D eigenvalue weighted by Gasteiger charge is -2.25. The normalized spacial score (nSPS) is 14.9. The van der Waals surface area contributed by atoms with Gasteiger partial charge in [0.15, 0.2) is 11.5 Å². The Morgan fingerprint density at radius 1 is 1.14 bits per heavy atom. The number of hydrogen-bond donors (Lipinski definition) is 1. The average Bonchev–Trinajstić information content (AvgIpc) is 3.33. The third kappa shape index (κ3) is 5.63. The predicted molar refractivity (Wildman–Crippen MR) is 137 cm³/mol. The van der Waals surface area contributed by atoms with Crippen molar-refractivity contribution in [2.75, 3.05) is 7.11 Å². The number of barbiturate groups is 1. The van der Waals surface area contributed by atoms with E-state index in [1.54, 1.807) is 42.5 Å². The van der Waals surface area contributed by atoms with Crippen molar-refractivity contribution in [1.29, 1.82) is 0 Å². The molecule has 11 heteroatoms. The first kappa shape index (κ1) is 25.1. The Bertz CT molecular complexity index is 1340. The summed E-state index contributed by atoms with van der Waals surface area (Å²) in [6, 6.07) is 10.9. The molecule has 1 aliphatic rings. The van der Waals surface area contributed by atoms with Crippen molar-refractivity contribution in [3.05, 3.63) is 84.8 Å². The van der Waals surface area contributed by atoms with Crippen LogP contribution in [0.5, 0.6) is 11.5 Å². The zero-order chi connectivity index (χ0) is 25.1. The van der Waals surface area contributed by atoms with Gasteiger partial charge in [0, 0.05) is 15.6 Å². The number of nitrogens with one attached hydrogen (secondary N) is 1. The van der Waals surface area contributed by atoms with Crippen LogP contribution in [0.3, 0.4) is 0 Å². The molecule has 0 bridgehead atoms. The molecule has 0 radical (unpaired) electrons. The van der Waals surface area contributed by atoms with Crippen LogP contribution in [-0.2, 0) is 22.7 Å². The molecule has 0 unspecified atom stereocenters. The minimum atomic E-state index is -0.815. The fourth-order valence-electron chi connectivity index (χ4n) is 3.31. The summed E-state index contributed by atoms with van der Waals surface area (Å²) in [5, 5.41) is 3.18. The molecule has 1 aromatic heterocycles. The van der Waals surface area contributed by atoms with Gasteiger partial charge in [-0.3, -0.25) is 19.8 Å². The van der Waals surface area contributed by atoms with Crippen molar-refractivity contribution in [2.45, 2.75) is 13.2 Å². The lowest BCUT2D eigenvalue weighted by atomic mass is 10.1. The van der Waals surface area contributed by atoms with Crippen LogP contribution in [0.4, 0.5) is 4.79 Å². The van der Waals surface area contributed by atoms with Crippen molar-refractivity contribution < 1.29 is 28.3 Å². The van der Waals surface area contributed by atoms with E-state index in [1.807, 2.05) is 0 Å². The van der Waals surface area contributed by atoms with E-state index in [1.165, 1.54) is 19.4 Å². The largest absolute Gasteiger partial charge is 0.493 e. The zero-order valence-corrected chi connectivity index (χ0v) is 21.8. The SMILES string of the molecule is COc1cc(/C=C2\C(=O)NC(=O)N(Cc3ccco3)C2=O)cc(I)c1OCc1ccc(Cl)cc1Cl. The van der Waals surface area contributed by atoms with Gasteiger partial charge in [-0.1, -0.05) is 29.3 Å². The fourth-order valence-corrected chi connectivity index (χ4v) is 4.56. The summed E-state index contributed by atoms with van der Waals surface area (Å²) in [7, 11) is 1.48. The monoisotopic (exact) mass is 626 g/mol. The van der Waals surface area contributed by atoms with Gasteiger partial charge in [0.1, 0.15) is 17.9 Å². The number of nitrogens with zero attached hydrogens (tertiary/aromatic N) is 1. The Morgan fingerprint density at radius 2 is 1.94 bits per heavy atom. The van der Waals surface area contributed by atoms with E-state index in [0.29, 0.717) is 36.4 Å². The van der Waals surface area contributed by atoms with Crippen LogP contribution >= 0.6 is 45.8 Å². The molecule has 0 atom stereocenters. The lowest BCUT2D eigenvalue weighted by molar-refractivity contribution is -0.130. The summed E-state index contributed by atoms with van der Waals surface area (Å²) in [6.45, 7) is 0.0662. The molecule has 0 aliphatic carbocycles. The van der Waals surface area contributed by atoms with Crippen LogP contribution in [-0.4, -0.2) is 29.9 Å². The van der Waals surface area contributed by atoms with Gasteiger partial charge in [0.05, 0.1) is 23.5 Å². The number of halogens is 3. The highest BCUT2D eigenvalue weighted by molar-refractivity contribution is 14.1. The van der Waals surface area contributed by atoms with E-state index in [9.17, 15) is 14.4 Å². The summed E-state index contributed by atoms with van der Waals surface area (Å²) in [5.41, 5.74) is 1.05. The van der Waals surface area contributed by atoms with Crippen molar-refractivity contribution in [2.24, 2.45) is 0 Å². The van der Waals surface area contributed by atoms with Crippen molar-refractivity contribution in [3.8, 4) is 11.5 Å². The lowest BCUT2D eigenvalue weighted by Crippen LogP contribution is -2.53. The van der Waals surface area contributed by atoms with Crippen molar-refractivity contribution in [1.82, 2.24) is 10.2 Å². The van der Waals surface area contributed by atoms with Crippen LogP contribution < -0.4 is 14.8 Å². The molecule has 1 fully saturated rings. The van der Waals surface area contributed by atoms with Gasteiger partial charge in [-0.05, 0) is 70.6 Å². The first-order chi connectivity index (χ1) is 16.8. The number of imide groups is 2. The van der Waals surface area contributed by atoms with E-state index in [0.717, 1.165) is 10.5 Å². The average molecular weight is 627 g/mol. The molecule has 1 N–H and O–H groups in total. The summed E-state index contributed by atoms with van der Waals surface area (Å²) >= 11 is 14.2. The molecule has 35 heavy (non-hydrogen) atoms. The van der Waals surface area contributed by atoms with Crippen LogP contribution in [0.15, 0.2) is 58.7 Å². The molecule has 180 valence electrons. The highest BCUT2D eigenvalue weighted by Gasteiger charge is 2.36. The Hall–Kier alpha value is -3.02. The standard InChI is InChI=1S/C24H17Cl2IN2O6/c1-33-20-9-13(8-19(27)21(20)35-12-14-4-5-15(25)10-18(14)26)7-17-22(30)28-24(32)29(23(17)31)11-16-3-2-6-34-16/h2-10H,11-12H2,1H3,(H,28,30,32)/b17-7+. The van der Waals surface area contributed by atoms with Gasteiger partial charge < -0.3 is 13.9 Å². The molecule has 0 spiro atoms. The number of hydrogen-bond acceptors (Lipinski definition) is 6. The van der Waals surface area contributed by atoms with Crippen LogP contribution in [0.25, 0.3) is 6.08 Å². The third-order valence-corrected chi connectivity index (χ3v) is 6.42. The second-order valence-electron chi connectivity index (χ2n) is 7.35. The van der Waals surface area contributed by atoms with Crippen molar-refractivity contribution >= 4 is 69.7 Å². The van der Waals surface area contributed by atoms with Crippen LogP contribution in [0.1, 0.15) is 16.9 Å². The molecule has 2 aromatic carbocycles. The highest BCUT2D eigenvalue weighted by atomic mass is 127. The highest BCUT2D eigenvalue weighted by Crippen LogP contribution is 2.36. The first-order valence-corrected chi connectivity index (χ1v) is 12.0. The molecule has 1 aliphatic heterocycles. The molecule has 2 heterocycles. The number of urea groups is 1. The van der Waals surface area contributed by atoms with Gasteiger partial charge in [0.25, 0.3) is 11.8 Å². The number of carbonyl (C=O) groups excluding carboxylic acids is 3.